The number of halogens is 1. The number of carbonyl (C=O) groups excluding carboxylic acids is 3. The predicted octanol–water partition coefficient (Wildman–Crippen LogP) is 7.10. The number of alkyl carbamates (subject to hydrolysis) is 1. The first-order valence-corrected chi connectivity index (χ1v) is 16.5. The van der Waals surface area contributed by atoms with Crippen molar-refractivity contribution >= 4 is 33.8 Å². The highest BCUT2D eigenvalue weighted by Gasteiger charge is 2.33. The first-order chi connectivity index (χ1) is 22.6. The van der Waals surface area contributed by atoms with Gasteiger partial charge in [0.05, 0.1) is 25.0 Å². The average molecular weight is 719 g/mol. The number of carbonyl (C=O) groups is 3. The van der Waals surface area contributed by atoms with Crippen molar-refractivity contribution in [1.29, 1.82) is 0 Å². The number of nitrogens with one attached hydrogen (secondary N) is 2. The minimum Gasteiger partial charge on any atom is -0.496 e. The predicted molar refractivity (Wildman–Crippen MR) is 190 cm³/mol. The monoisotopic (exact) mass is 717 g/mol. The van der Waals surface area contributed by atoms with Gasteiger partial charge in [-0.3, -0.25) is 9.59 Å². The number of amides is 3. The lowest BCUT2D eigenvalue weighted by Crippen LogP contribution is -2.51. The molecule has 0 aliphatic heterocycles. The summed E-state index contributed by atoms with van der Waals surface area (Å²) < 4.78 is 12.0. The van der Waals surface area contributed by atoms with E-state index < -0.39 is 29.7 Å². The first-order valence-electron chi connectivity index (χ1n) is 15.7. The molecule has 4 N–H and O–H groups in total. The Kier molecular flexibility index (Phi) is 11.4. The van der Waals surface area contributed by atoms with Crippen molar-refractivity contribution in [3.63, 3.8) is 0 Å². The molecule has 4 rings (SSSR count). The molecule has 10 nitrogen and oxygen atoms in total. The maximum atomic E-state index is 14.8. The lowest BCUT2D eigenvalue weighted by atomic mass is 9.93. The van der Waals surface area contributed by atoms with E-state index in [0.717, 1.165) is 49.3 Å². The van der Waals surface area contributed by atoms with E-state index in [1.54, 1.807) is 51.1 Å². The molecule has 0 fully saturated rings. The van der Waals surface area contributed by atoms with Gasteiger partial charge in [-0.05, 0) is 101 Å². The summed E-state index contributed by atoms with van der Waals surface area (Å²) in [5, 5.41) is 2.85. The molecule has 1 heterocycles. The molecule has 3 aromatic carbocycles. The molecule has 11 heteroatoms. The number of imidazole rings is 1. The van der Waals surface area contributed by atoms with Crippen molar-refractivity contribution in [3.8, 4) is 17.0 Å². The highest BCUT2D eigenvalue weighted by Crippen LogP contribution is 2.30. The summed E-state index contributed by atoms with van der Waals surface area (Å²) in [7, 11) is 1.62. The smallest absolute Gasteiger partial charge is 0.408 e. The van der Waals surface area contributed by atoms with Gasteiger partial charge >= 0.3 is 6.09 Å². The van der Waals surface area contributed by atoms with Gasteiger partial charge in [-0.15, -0.1) is 0 Å². The number of hydrogen-bond donors (Lipinski definition) is 3. The van der Waals surface area contributed by atoms with E-state index in [-0.39, 0.29) is 18.9 Å². The molecule has 0 spiro atoms. The molecule has 254 valence electrons. The number of nitrogens with zero attached hydrogens (tertiary/aromatic N) is 2. The Morgan fingerprint density at radius 3 is 2.27 bits per heavy atom. The molecule has 48 heavy (non-hydrogen) atoms. The number of ether oxygens (including phenoxy) is 2. The van der Waals surface area contributed by atoms with Crippen LogP contribution in [-0.4, -0.2) is 51.5 Å². The number of nitrogens with two attached hydrogens (primary N) is 1. The van der Waals surface area contributed by atoms with E-state index in [1.807, 2.05) is 70.2 Å². The van der Waals surface area contributed by atoms with Crippen molar-refractivity contribution in [3.05, 3.63) is 104 Å². The number of benzene rings is 3. The Morgan fingerprint density at radius 2 is 1.69 bits per heavy atom. The summed E-state index contributed by atoms with van der Waals surface area (Å²) in [4.78, 5) is 49.7. The Balaban J connectivity index is 1.78. The third-order valence-corrected chi connectivity index (χ3v) is 8.79. The Labute approximate surface area is 290 Å². The lowest BCUT2D eigenvalue weighted by Gasteiger charge is -2.33. The molecule has 0 saturated heterocycles. The second-order valence-electron chi connectivity index (χ2n) is 13.0. The fourth-order valence-electron chi connectivity index (χ4n) is 5.67. The third kappa shape index (κ3) is 8.83. The highest BCUT2D eigenvalue weighted by atomic mass is 79.9. The van der Waals surface area contributed by atoms with Crippen LogP contribution in [0.2, 0.25) is 0 Å². The number of hydrogen-bond acceptors (Lipinski definition) is 6. The van der Waals surface area contributed by atoms with Crippen molar-refractivity contribution in [2.75, 3.05) is 7.11 Å². The first kappa shape index (κ1) is 36.2. The second-order valence-corrected chi connectivity index (χ2v) is 13.8. The molecule has 2 atom stereocenters. The molecule has 0 bridgehead atoms. The van der Waals surface area contributed by atoms with Gasteiger partial charge < -0.3 is 30.4 Å². The summed E-state index contributed by atoms with van der Waals surface area (Å²) >= 11 is 3.61. The van der Waals surface area contributed by atoms with Crippen molar-refractivity contribution in [2.45, 2.75) is 79.1 Å². The van der Waals surface area contributed by atoms with Gasteiger partial charge in [0, 0.05) is 28.6 Å². The van der Waals surface area contributed by atoms with Crippen LogP contribution in [0.1, 0.15) is 77.7 Å². The summed E-state index contributed by atoms with van der Waals surface area (Å²) in [5.74, 6) is 0.443. The van der Waals surface area contributed by atoms with Crippen LogP contribution in [0.5, 0.6) is 5.75 Å². The molecule has 0 unspecified atom stereocenters. The van der Waals surface area contributed by atoms with E-state index in [9.17, 15) is 14.4 Å². The van der Waals surface area contributed by atoms with Gasteiger partial charge in [0.25, 0.3) is 0 Å². The largest absolute Gasteiger partial charge is 0.496 e. The zero-order valence-corrected chi connectivity index (χ0v) is 30.3. The molecule has 0 radical (unpaired) electrons. The molecule has 3 amide bonds. The van der Waals surface area contributed by atoms with Crippen LogP contribution in [0.4, 0.5) is 4.79 Å². The lowest BCUT2D eigenvalue weighted by molar-refractivity contribution is -0.136. The van der Waals surface area contributed by atoms with Gasteiger partial charge in [-0.1, -0.05) is 46.3 Å². The molecule has 1 aromatic heterocycles. The zero-order valence-electron chi connectivity index (χ0n) is 28.7. The van der Waals surface area contributed by atoms with Crippen LogP contribution in [0.3, 0.4) is 0 Å². The topological polar surface area (TPSA) is 140 Å². The van der Waals surface area contributed by atoms with Gasteiger partial charge in [0.1, 0.15) is 23.2 Å². The maximum Gasteiger partial charge on any atom is 0.408 e. The van der Waals surface area contributed by atoms with Crippen LogP contribution in [0.25, 0.3) is 11.3 Å². The van der Waals surface area contributed by atoms with E-state index in [1.165, 1.54) is 0 Å². The summed E-state index contributed by atoms with van der Waals surface area (Å²) in [5.41, 5.74) is 11.1. The van der Waals surface area contributed by atoms with Gasteiger partial charge in [-0.2, -0.15) is 0 Å². The molecular formula is C37H44BrN5O5. The minimum atomic E-state index is -1.02. The summed E-state index contributed by atoms with van der Waals surface area (Å²) in [6.45, 7) is 13.1. The number of aromatic nitrogens is 2. The Morgan fingerprint density at radius 1 is 1.02 bits per heavy atom. The van der Waals surface area contributed by atoms with Crippen molar-refractivity contribution in [2.24, 2.45) is 5.73 Å². The highest BCUT2D eigenvalue weighted by molar-refractivity contribution is 9.10. The molecule has 0 aliphatic rings. The average Bonchev–Trinajstić information content (AvgIpc) is 3.50. The SMILES string of the molecule is COc1ccc(CN(C(=O)[C@H](Cc2c(C)cc(C(N)=O)cc2C)NC(=O)OC(C)(C)C)[C@@H](C)c2ncc(-c3ccccc3Br)[nH]2)cc1C. The van der Waals surface area contributed by atoms with E-state index in [0.29, 0.717) is 11.4 Å². The quantitative estimate of drug-likeness (QED) is 0.151. The fourth-order valence-corrected chi connectivity index (χ4v) is 6.16. The van der Waals surface area contributed by atoms with Gasteiger partial charge in [-0.25, -0.2) is 9.78 Å². The maximum absolute atomic E-state index is 14.8. The molecular weight excluding hydrogens is 674 g/mol. The number of aromatic amines is 1. The molecule has 0 aliphatic carbocycles. The minimum absolute atomic E-state index is 0.153. The number of H-pyrrole nitrogens is 1. The standard InChI is InChI=1S/C37H44BrN5O5/c1-21-16-26(33(39)44)17-22(2)28(21)18-30(42-36(46)48-37(5,6)7)35(45)43(20-25-13-14-32(47-8)23(3)15-25)24(4)34-40-19-31(41-34)27-11-9-10-12-29(27)38/h9-17,19,24,30H,18,20H2,1-8H3,(H2,39,44)(H,40,41)(H,42,46)/t24-,30-/m0/s1. The number of aryl methyl sites for hydroxylation is 3. The molecule has 0 saturated carbocycles. The van der Waals surface area contributed by atoms with Crippen LogP contribution >= 0.6 is 15.9 Å². The van der Waals surface area contributed by atoms with Gasteiger partial charge in [0.2, 0.25) is 11.8 Å². The van der Waals surface area contributed by atoms with Crippen molar-refractivity contribution in [1.82, 2.24) is 20.2 Å². The number of primary amides is 1. The van der Waals surface area contributed by atoms with Crippen LogP contribution in [-0.2, 0) is 22.5 Å². The van der Waals surface area contributed by atoms with Crippen LogP contribution in [0.15, 0.2) is 65.3 Å². The zero-order chi connectivity index (χ0) is 35.3. The number of methoxy groups -OCH3 is 1. The van der Waals surface area contributed by atoms with Gasteiger partial charge in [0.15, 0.2) is 0 Å². The van der Waals surface area contributed by atoms with E-state index in [4.69, 9.17) is 15.2 Å². The summed E-state index contributed by atoms with van der Waals surface area (Å²) in [6.07, 6.45) is 1.18. The normalized spacial score (nSPS) is 12.6. The van der Waals surface area contributed by atoms with Crippen LogP contribution < -0.4 is 15.8 Å². The van der Waals surface area contributed by atoms with E-state index in [2.05, 4.69) is 31.2 Å². The van der Waals surface area contributed by atoms with Crippen molar-refractivity contribution < 1.29 is 23.9 Å². The fraction of sp³-hybridized carbons (Fsp3) is 0.351. The van der Waals surface area contributed by atoms with Crippen LogP contribution in [0, 0.1) is 20.8 Å². The third-order valence-electron chi connectivity index (χ3n) is 8.10. The number of rotatable bonds is 11. The van der Waals surface area contributed by atoms with E-state index >= 15 is 0 Å². The summed E-state index contributed by atoms with van der Waals surface area (Å²) in [6, 6.07) is 15.4. The molecule has 4 aromatic rings. The Hall–Kier alpha value is -4.64. The second kappa shape index (κ2) is 15.1. The Bertz CT molecular complexity index is 1790.